The third-order valence-electron chi connectivity index (χ3n) is 5.33. The molecule has 1 aliphatic heterocycles. The van der Waals surface area contributed by atoms with Gasteiger partial charge in [-0.1, -0.05) is 41.6 Å². The second-order valence-corrected chi connectivity index (χ2v) is 6.90. The van der Waals surface area contributed by atoms with Crippen molar-refractivity contribution in [3.8, 4) is 0 Å². The van der Waals surface area contributed by atoms with Crippen molar-refractivity contribution in [2.45, 2.75) is 25.9 Å². The van der Waals surface area contributed by atoms with Crippen molar-refractivity contribution < 1.29 is 19.2 Å². The van der Waals surface area contributed by atoms with E-state index in [9.17, 15) is 9.90 Å². The van der Waals surface area contributed by atoms with Crippen molar-refractivity contribution in [1.82, 2.24) is 10.5 Å². The van der Waals surface area contributed by atoms with Crippen molar-refractivity contribution >= 4 is 11.5 Å². The number of hydrogen-bond acceptors (Lipinski definition) is 5. The Bertz CT molecular complexity index is 909. The van der Waals surface area contributed by atoms with Gasteiger partial charge in [0.2, 0.25) is 0 Å². The maximum atomic E-state index is 13.1. The number of nitrogens with zero attached hydrogens (tertiary/aromatic N) is 1. The molecule has 1 amide bonds. The van der Waals surface area contributed by atoms with Crippen LogP contribution in [0.1, 0.15) is 29.0 Å². The fraction of sp³-hybridized carbons (Fsp3) is 0.333. The van der Waals surface area contributed by atoms with Crippen LogP contribution in [0.5, 0.6) is 0 Å². The summed E-state index contributed by atoms with van der Waals surface area (Å²) in [6, 6.07) is 9.48. The summed E-state index contributed by atoms with van der Waals surface area (Å²) in [5.74, 6) is 0.342. The third-order valence-corrected chi connectivity index (χ3v) is 5.33. The van der Waals surface area contributed by atoms with Crippen LogP contribution < -0.4 is 5.32 Å². The summed E-state index contributed by atoms with van der Waals surface area (Å²) in [5.41, 5.74) is 3.31. The normalized spacial score (nSPS) is 24.3. The Morgan fingerprint density at radius 1 is 1.30 bits per heavy atom. The second-order valence-electron chi connectivity index (χ2n) is 6.90. The van der Waals surface area contributed by atoms with Gasteiger partial charge < -0.3 is 19.7 Å². The Balaban J connectivity index is 1.79. The molecule has 1 aromatic heterocycles. The van der Waals surface area contributed by atoms with E-state index in [1.807, 2.05) is 56.3 Å². The van der Waals surface area contributed by atoms with Gasteiger partial charge in [0.1, 0.15) is 5.76 Å². The van der Waals surface area contributed by atoms with Crippen LogP contribution in [0.4, 0.5) is 0 Å². The Morgan fingerprint density at radius 3 is 2.74 bits per heavy atom. The molecular weight excluding hydrogens is 344 g/mol. The number of amides is 1. The molecule has 1 aromatic carbocycles. The summed E-state index contributed by atoms with van der Waals surface area (Å²) < 4.78 is 11.4. The van der Waals surface area contributed by atoms with Crippen molar-refractivity contribution in [1.29, 1.82) is 0 Å². The van der Waals surface area contributed by atoms with Crippen LogP contribution in [-0.4, -0.2) is 29.4 Å². The number of aliphatic hydroxyl groups is 1. The Hall–Kier alpha value is -2.70. The first kappa shape index (κ1) is 17.7. The van der Waals surface area contributed by atoms with Crippen LogP contribution in [0.15, 0.2) is 52.7 Å². The zero-order chi connectivity index (χ0) is 19.0. The lowest BCUT2D eigenvalue weighted by atomic mass is 9.75. The summed E-state index contributed by atoms with van der Waals surface area (Å²) in [7, 11) is 0. The number of rotatable bonds is 5. The Kier molecular flexibility index (Phi) is 4.45. The van der Waals surface area contributed by atoms with E-state index in [0.29, 0.717) is 6.42 Å². The summed E-state index contributed by atoms with van der Waals surface area (Å²) in [6.07, 6.45) is 4.54. The van der Waals surface area contributed by atoms with Crippen molar-refractivity contribution in [2.24, 2.45) is 5.92 Å². The van der Waals surface area contributed by atoms with Crippen LogP contribution >= 0.6 is 0 Å². The first-order valence-corrected chi connectivity index (χ1v) is 9.03. The average molecular weight is 366 g/mol. The molecule has 2 unspecified atom stereocenters. The van der Waals surface area contributed by atoms with Gasteiger partial charge in [-0.15, -0.1) is 0 Å². The van der Waals surface area contributed by atoms with E-state index in [-0.39, 0.29) is 25.0 Å². The molecule has 27 heavy (non-hydrogen) atoms. The highest BCUT2D eigenvalue weighted by atomic mass is 16.5. The van der Waals surface area contributed by atoms with Gasteiger partial charge in [-0.2, -0.15) is 0 Å². The molecular formula is C21H22N2O4. The smallest absolute Gasteiger partial charge is 0.261 e. The summed E-state index contributed by atoms with van der Waals surface area (Å²) in [5, 5.41) is 16.4. The number of allylic oxidation sites excluding steroid dienone is 3. The van der Waals surface area contributed by atoms with Gasteiger partial charge in [0.25, 0.3) is 5.91 Å². The Morgan fingerprint density at radius 2 is 2.07 bits per heavy atom. The van der Waals surface area contributed by atoms with Crippen molar-refractivity contribution in [2.75, 3.05) is 13.2 Å². The van der Waals surface area contributed by atoms with Gasteiger partial charge in [-0.25, -0.2) is 0 Å². The van der Waals surface area contributed by atoms with E-state index in [1.165, 1.54) is 0 Å². The predicted octanol–water partition coefficient (Wildman–Crippen LogP) is 2.61. The monoisotopic (exact) mass is 366 g/mol. The first-order chi connectivity index (χ1) is 13.1. The van der Waals surface area contributed by atoms with E-state index in [1.54, 1.807) is 0 Å². The summed E-state index contributed by atoms with van der Waals surface area (Å²) >= 11 is 0. The highest BCUT2D eigenvalue weighted by Crippen LogP contribution is 2.49. The summed E-state index contributed by atoms with van der Waals surface area (Å²) in [4.78, 5) is 13.1. The van der Waals surface area contributed by atoms with Crippen molar-refractivity contribution in [3.05, 3.63) is 70.8 Å². The van der Waals surface area contributed by atoms with Gasteiger partial charge in [0.15, 0.2) is 5.60 Å². The van der Waals surface area contributed by atoms with Crippen LogP contribution in [0, 0.1) is 19.8 Å². The largest absolute Gasteiger partial charge is 0.394 e. The lowest BCUT2D eigenvalue weighted by Gasteiger charge is -2.34. The number of aryl methyl sites for hydroxylation is 2. The van der Waals surface area contributed by atoms with Crippen molar-refractivity contribution in [3.63, 3.8) is 0 Å². The zero-order valence-electron chi connectivity index (χ0n) is 15.4. The highest BCUT2D eigenvalue weighted by Gasteiger charge is 2.56. The fourth-order valence-corrected chi connectivity index (χ4v) is 4.18. The first-order valence-electron chi connectivity index (χ1n) is 9.03. The standard InChI is InChI=1S/C21H22N2O4/c1-13-19(14(2)27-23-13)15-8-9-18-17(12-15)21(20(25)22-18,26-11-10-24)16-6-4-3-5-7-16/h3-9,17,24H,10-12H2,1-2H3,(H,22,25). The van der Waals surface area contributed by atoms with Crippen LogP contribution in [-0.2, 0) is 15.1 Å². The molecule has 1 saturated heterocycles. The number of benzene rings is 1. The average Bonchev–Trinajstić information content (AvgIpc) is 3.16. The third kappa shape index (κ3) is 2.72. The predicted molar refractivity (Wildman–Crippen MR) is 99.4 cm³/mol. The van der Waals surface area contributed by atoms with E-state index in [0.717, 1.165) is 33.9 Å². The number of aliphatic hydroxyl groups excluding tert-OH is 1. The van der Waals surface area contributed by atoms with E-state index >= 15 is 0 Å². The molecule has 4 rings (SSSR count). The molecule has 6 nitrogen and oxygen atoms in total. The molecule has 2 aromatic rings. The molecule has 2 atom stereocenters. The number of ether oxygens (including phenoxy) is 1. The van der Waals surface area contributed by atoms with Crippen LogP contribution in [0.2, 0.25) is 0 Å². The molecule has 6 heteroatoms. The minimum absolute atomic E-state index is 0.0798. The number of fused-ring (bicyclic) bond motifs is 1. The maximum absolute atomic E-state index is 13.1. The number of carbonyl (C=O) groups is 1. The number of aromatic nitrogens is 1. The molecule has 2 aliphatic rings. The van der Waals surface area contributed by atoms with E-state index in [2.05, 4.69) is 10.5 Å². The van der Waals surface area contributed by atoms with Gasteiger partial charge >= 0.3 is 0 Å². The zero-order valence-corrected chi connectivity index (χ0v) is 15.4. The molecule has 0 spiro atoms. The molecule has 2 N–H and O–H groups in total. The molecule has 140 valence electrons. The summed E-state index contributed by atoms with van der Waals surface area (Å²) in [6.45, 7) is 3.73. The fourth-order valence-electron chi connectivity index (χ4n) is 4.18. The molecule has 2 heterocycles. The van der Waals surface area contributed by atoms with Gasteiger partial charge in [-0.05, 0) is 37.5 Å². The molecule has 0 radical (unpaired) electrons. The number of hydrogen-bond donors (Lipinski definition) is 2. The SMILES string of the molecule is Cc1noc(C)c1C1=CC=C2NC(=O)C(OCCO)(c3ccccc3)C2C1. The van der Waals surface area contributed by atoms with Gasteiger partial charge in [0, 0.05) is 17.2 Å². The van der Waals surface area contributed by atoms with E-state index in [4.69, 9.17) is 9.26 Å². The lowest BCUT2D eigenvalue weighted by Crippen LogP contribution is -2.43. The minimum atomic E-state index is -1.17. The van der Waals surface area contributed by atoms with Crippen LogP contribution in [0.3, 0.4) is 0 Å². The van der Waals surface area contributed by atoms with Gasteiger partial charge in [0.05, 0.1) is 18.9 Å². The topological polar surface area (TPSA) is 84.6 Å². The van der Waals surface area contributed by atoms with Gasteiger partial charge in [-0.3, -0.25) is 4.79 Å². The molecule has 0 bridgehead atoms. The van der Waals surface area contributed by atoms with Crippen LogP contribution in [0.25, 0.3) is 5.57 Å². The molecule has 1 fully saturated rings. The van der Waals surface area contributed by atoms with E-state index < -0.39 is 5.60 Å². The maximum Gasteiger partial charge on any atom is 0.261 e. The second kappa shape index (κ2) is 6.79. The quantitative estimate of drug-likeness (QED) is 0.850. The molecule has 0 saturated carbocycles. The lowest BCUT2D eigenvalue weighted by molar-refractivity contribution is -0.150. The number of carbonyl (C=O) groups excluding carboxylic acids is 1. The minimum Gasteiger partial charge on any atom is -0.394 e. The Labute approximate surface area is 157 Å². The number of nitrogens with one attached hydrogen (secondary N) is 1. The molecule has 1 aliphatic carbocycles. The highest BCUT2D eigenvalue weighted by molar-refractivity contribution is 5.93.